The van der Waals surface area contributed by atoms with Gasteiger partial charge in [-0.2, -0.15) is 0 Å². The lowest BCUT2D eigenvalue weighted by Crippen LogP contribution is -2.24. The Balaban J connectivity index is 3.09. The van der Waals surface area contributed by atoms with Gasteiger partial charge in [0.05, 0.1) is 17.5 Å². The summed E-state index contributed by atoms with van der Waals surface area (Å²) >= 11 is 0. The number of phenols is 1. The quantitative estimate of drug-likeness (QED) is 0.649. The van der Waals surface area contributed by atoms with Gasteiger partial charge >= 0.3 is 0 Å². The van der Waals surface area contributed by atoms with Crippen molar-refractivity contribution in [2.24, 2.45) is 0 Å². The number of anilines is 1. The number of nitrogens with zero attached hydrogens (tertiary/aromatic N) is 2. The minimum absolute atomic E-state index is 0.119. The molecule has 110 valence electrons. The maximum absolute atomic E-state index is 11.8. The molecule has 1 aromatic rings. The first-order valence-electron chi connectivity index (χ1n) is 5.79. The topological polar surface area (TPSA) is 77.9 Å². The fourth-order valence-corrected chi connectivity index (χ4v) is 1.92. The molecule has 1 rings (SSSR count). The van der Waals surface area contributed by atoms with Gasteiger partial charge in [-0.3, -0.25) is 9.10 Å². The minimum atomic E-state index is -3.41. The van der Waals surface area contributed by atoms with E-state index in [-0.39, 0.29) is 22.8 Å². The summed E-state index contributed by atoms with van der Waals surface area (Å²) in [6.45, 7) is 0. The zero-order valence-corrected chi connectivity index (χ0v) is 12.7. The Morgan fingerprint density at radius 3 is 2.30 bits per heavy atom. The Hall–Kier alpha value is -2.02. The first kappa shape index (κ1) is 16.0. The van der Waals surface area contributed by atoms with E-state index in [4.69, 9.17) is 0 Å². The maximum Gasteiger partial charge on any atom is 0.231 e. The summed E-state index contributed by atoms with van der Waals surface area (Å²) in [5, 5.41) is 9.85. The number of ketones is 1. The summed E-state index contributed by atoms with van der Waals surface area (Å²) in [6, 6.07) is 4.12. The van der Waals surface area contributed by atoms with Crippen LogP contribution in [0.1, 0.15) is 10.4 Å². The predicted octanol–water partition coefficient (Wildman–Crippen LogP) is 1.05. The van der Waals surface area contributed by atoms with E-state index in [9.17, 15) is 18.3 Å². The highest BCUT2D eigenvalue weighted by Gasteiger charge is 2.15. The Morgan fingerprint density at radius 2 is 1.85 bits per heavy atom. The predicted molar refractivity (Wildman–Crippen MR) is 78.5 cm³/mol. The van der Waals surface area contributed by atoms with Gasteiger partial charge < -0.3 is 10.0 Å². The van der Waals surface area contributed by atoms with Crippen LogP contribution in [0.3, 0.4) is 0 Å². The number of carbonyl (C=O) groups is 1. The second kappa shape index (κ2) is 5.96. The van der Waals surface area contributed by atoms with Gasteiger partial charge in [0, 0.05) is 39.5 Å². The van der Waals surface area contributed by atoms with E-state index in [2.05, 4.69) is 0 Å². The third-order valence-corrected chi connectivity index (χ3v) is 3.84. The van der Waals surface area contributed by atoms with E-state index in [1.807, 2.05) is 0 Å². The molecule has 0 unspecified atom stereocenters. The molecule has 1 N–H and O–H groups in total. The molecular weight excluding hydrogens is 280 g/mol. The Labute approximate surface area is 119 Å². The first-order chi connectivity index (χ1) is 9.12. The van der Waals surface area contributed by atoms with Gasteiger partial charge in [-0.25, -0.2) is 8.42 Å². The molecule has 0 radical (unpaired) electrons. The van der Waals surface area contributed by atoms with Crippen molar-refractivity contribution in [3.05, 3.63) is 36.0 Å². The molecule has 0 amide bonds. The van der Waals surface area contributed by atoms with E-state index < -0.39 is 10.0 Å². The molecule has 0 heterocycles. The van der Waals surface area contributed by atoms with Crippen LogP contribution < -0.4 is 4.31 Å². The summed E-state index contributed by atoms with van der Waals surface area (Å²) in [6.07, 6.45) is 3.95. The van der Waals surface area contributed by atoms with Crippen LogP contribution in [0.25, 0.3) is 0 Å². The summed E-state index contributed by atoms with van der Waals surface area (Å²) in [5.41, 5.74) is 0.409. The van der Waals surface area contributed by atoms with Crippen LogP contribution in [0.2, 0.25) is 0 Å². The highest BCUT2D eigenvalue weighted by molar-refractivity contribution is 7.92. The zero-order valence-electron chi connectivity index (χ0n) is 11.9. The molecule has 0 bridgehead atoms. The van der Waals surface area contributed by atoms with Crippen molar-refractivity contribution in [3.63, 3.8) is 0 Å². The number of hydrogen-bond acceptors (Lipinski definition) is 5. The number of rotatable bonds is 5. The number of hydrogen-bond donors (Lipinski definition) is 1. The van der Waals surface area contributed by atoms with Gasteiger partial charge in [0.2, 0.25) is 10.0 Å². The maximum atomic E-state index is 11.8. The summed E-state index contributed by atoms with van der Waals surface area (Å²) < 4.78 is 23.8. The van der Waals surface area contributed by atoms with E-state index in [1.54, 1.807) is 25.2 Å². The number of carbonyl (C=O) groups excluding carboxylic acids is 1. The van der Waals surface area contributed by atoms with Crippen LogP contribution in [0, 0.1) is 0 Å². The fourth-order valence-electron chi connectivity index (χ4n) is 1.42. The first-order valence-corrected chi connectivity index (χ1v) is 7.63. The molecule has 0 spiro atoms. The number of phenolic OH excluding ortho intramolecular Hbond substituents is 1. The lowest BCUT2D eigenvalue weighted by atomic mass is 10.1. The van der Waals surface area contributed by atoms with Gasteiger partial charge in [0.1, 0.15) is 5.75 Å². The lowest BCUT2D eigenvalue weighted by Gasteiger charge is -2.17. The molecule has 0 aromatic heterocycles. The second-order valence-electron chi connectivity index (χ2n) is 4.58. The molecule has 7 heteroatoms. The number of aromatic hydroxyl groups is 1. The Kier molecular flexibility index (Phi) is 4.78. The van der Waals surface area contributed by atoms with Gasteiger partial charge in [0.25, 0.3) is 0 Å². The van der Waals surface area contributed by atoms with Crippen molar-refractivity contribution in [1.29, 1.82) is 0 Å². The summed E-state index contributed by atoms with van der Waals surface area (Å²) in [7, 11) is 1.51. The van der Waals surface area contributed by atoms with Crippen molar-refractivity contribution < 1.29 is 18.3 Å². The third kappa shape index (κ3) is 3.99. The second-order valence-corrected chi connectivity index (χ2v) is 6.59. The Bertz CT molecular complexity index is 636. The molecule has 0 saturated carbocycles. The minimum Gasteiger partial charge on any atom is -0.507 e. The molecule has 20 heavy (non-hydrogen) atoms. The molecule has 0 saturated heterocycles. The molecule has 6 nitrogen and oxygen atoms in total. The average Bonchev–Trinajstić information content (AvgIpc) is 2.33. The van der Waals surface area contributed by atoms with Crippen LogP contribution in [0.15, 0.2) is 30.5 Å². The highest BCUT2D eigenvalue weighted by Crippen LogP contribution is 2.25. The molecule has 0 aliphatic rings. The molecule has 1 aromatic carbocycles. The smallest absolute Gasteiger partial charge is 0.231 e. The van der Waals surface area contributed by atoms with Crippen molar-refractivity contribution in [2.45, 2.75) is 0 Å². The SMILES string of the molecule is CN(C)/C=C/C(=O)c1ccc(N(C)S(C)(=O)=O)cc1O. The van der Waals surface area contributed by atoms with Gasteiger partial charge in [-0.05, 0) is 12.1 Å². The van der Waals surface area contributed by atoms with Gasteiger partial charge in [-0.15, -0.1) is 0 Å². The molecular formula is C13H18N2O4S. The molecule has 0 fully saturated rings. The fraction of sp³-hybridized carbons (Fsp3) is 0.308. The molecule has 0 aliphatic heterocycles. The molecule has 0 aliphatic carbocycles. The van der Waals surface area contributed by atoms with Crippen LogP contribution in [0.4, 0.5) is 5.69 Å². The van der Waals surface area contributed by atoms with E-state index in [0.29, 0.717) is 0 Å². The Morgan fingerprint density at radius 1 is 1.25 bits per heavy atom. The third-order valence-electron chi connectivity index (χ3n) is 2.63. The monoisotopic (exact) mass is 298 g/mol. The van der Waals surface area contributed by atoms with Crippen LogP contribution in [-0.2, 0) is 10.0 Å². The van der Waals surface area contributed by atoms with Crippen LogP contribution >= 0.6 is 0 Å². The molecule has 0 atom stereocenters. The largest absolute Gasteiger partial charge is 0.507 e. The van der Waals surface area contributed by atoms with Crippen LogP contribution in [-0.4, -0.2) is 51.6 Å². The van der Waals surface area contributed by atoms with Crippen molar-refractivity contribution in [3.8, 4) is 5.75 Å². The highest BCUT2D eigenvalue weighted by atomic mass is 32.2. The van der Waals surface area contributed by atoms with E-state index in [1.165, 1.54) is 31.3 Å². The van der Waals surface area contributed by atoms with Crippen molar-refractivity contribution in [1.82, 2.24) is 4.90 Å². The van der Waals surface area contributed by atoms with Crippen LogP contribution in [0.5, 0.6) is 5.75 Å². The standard InChI is InChI=1S/C13H18N2O4S/c1-14(2)8-7-12(16)11-6-5-10(9-13(11)17)15(3)20(4,18)19/h5-9,17H,1-4H3/b8-7+. The van der Waals surface area contributed by atoms with E-state index in [0.717, 1.165) is 10.6 Å². The number of allylic oxidation sites excluding steroid dienone is 1. The van der Waals surface area contributed by atoms with Gasteiger partial charge in [-0.1, -0.05) is 0 Å². The summed E-state index contributed by atoms with van der Waals surface area (Å²) in [5.74, 6) is -0.615. The average molecular weight is 298 g/mol. The number of benzene rings is 1. The van der Waals surface area contributed by atoms with Crippen molar-refractivity contribution >= 4 is 21.5 Å². The van der Waals surface area contributed by atoms with Gasteiger partial charge in [0.15, 0.2) is 5.78 Å². The summed E-state index contributed by atoms with van der Waals surface area (Å²) in [4.78, 5) is 13.5. The number of sulfonamides is 1. The van der Waals surface area contributed by atoms with E-state index >= 15 is 0 Å². The zero-order chi connectivity index (χ0) is 15.5. The van der Waals surface area contributed by atoms with Crippen molar-refractivity contribution in [2.75, 3.05) is 31.7 Å². The normalized spacial score (nSPS) is 11.6. The lowest BCUT2D eigenvalue weighted by molar-refractivity contribution is 0.104.